The van der Waals surface area contributed by atoms with Gasteiger partial charge in [-0.25, -0.2) is 9.13 Å². The summed E-state index contributed by atoms with van der Waals surface area (Å²) in [7, 11) is -10.8. The molecule has 0 fully saturated rings. The zero-order chi connectivity index (χ0) is 16.1. The van der Waals surface area contributed by atoms with Crippen molar-refractivity contribution in [3.63, 3.8) is 0 Å². The molecule has 0 aliphatic rings. The summed E-state index contributed by atoms with van der Waals surface area (Å²) < 4.78 is 29.3. The molecule has 0 aromatic heterocycles. The second-order valence-corrected chi connectivity index (χ2v) is 6.35. The molecule has 0 rings (SSSR count). The molecule has 0 radical (unpaired) electrons. The SMILES string of the molecule is N[C@@H](C=O)[C@@H](OP(=O)(O)OP(=O)(O)O)[C@@H](O)[C@H](O)CO. The fourth-order valence-corrected chi connectivity index (χ4v) is 2.87. The molecule has 1 unspecified atom stereocenters. The minimum Gasteiger partial charge on any atom is -0.394 e. The lowest BCUT2D eigenvalue weighted by Crippen LogP contribution is -2.51. The molecule has 0 saturated carbocycles. The lowest BCUT2D eigenvalue weighted by Gasteiger charge is -2.29. The first-order valence-electron chi connectivity index (χ1n) is 4.89. The number of aldehydes is 1. The number of carbonyl (C=O) groups is 1. The largest absolute Gasteiger partial charge is 0.481 e. The van der Waals surface area contributed by atoms with E-state index in [4.69, 9.17) is 30.6 Å². The lowest BCUT2D eigenvalue weighted by atomic mass is 10.0. The molecular weight excluding hydrogens is 324 g/mol. The van der Waals surface area contributed by atoms with Crippen molar-refractivity contribution >= 4 is 21.9 Å². The van der Waals surface area contributed by atoms with E-state index in [9.17, 15) is 19.0 Å². The van der Waals surface area contributed by atoms with Gasteiger partial charge in [0, 0.05) is 0 Å². The Morgan fingerprint density at radius 1 is 1.20 bits per heavy atom. The molecular formula is C6H15NO11P2. The first kappa shape index (κ1) is 19.8. The maximum absolute atomic E-state index is 11.3. The Balaban J connectivity index is 5.13. The summed E-state index contributed by atoms with van der Waals surface area (Å²) in [5.74, 6) is 0. The Hall–Kier alpha value is -0.230. The molecule has 14 heteroatoms. The summed E-state index contributed by atoms with van der Waals surface area (Å²) in [6, 6.07) is -1.74. The van der Waals surface area contributed by atoms with Crippen molar-refractivity contribution in [1.29, 1.82) is 0 Å². The van der Waals surface area contributed by atoms with E-state index in [2.05, 4.69) is 8.83 Å². The van der Waals surface area contributed by atoms with Crippen LogP contribution < -0.4 is 5.73 Å². The standard InChI is InChI=1S/C6H15NO11P2/c7-3(1-8)6(5(11)4(10)2-9)17-20(15,16)18-19(12,13)14/h1,3-6,9-11H,2,7H2,(H,15,16)(H2,12,13,14)/t3-,4+,5-,6+/m0/s1. The number of hydrogen-bond donors (Lipinski definition) is 7. The molecule has 12 nitrogen and oxygen atoms in total. The molecule has 0 amide bonds. The van der Waals surface area contributed by atoms with Gasteiger partial charge in [0.25, 0.3) is 0 Å². The van der Waals surface area contributed by atoms with Gasteiger partial charge in [-0.3, -0.25) is 4.52 Å². The average Bonchev–Trinajstić information content (AvgIpc) is 2.30. The van der Waals surface area contributed by atoms with Crippen molar-refractivity contribution in [1.82, 2.24) is 0 Å². The van der Waals surface area contributed by atoms with E-state index in [1.165, 1.54) is 0 Å². The Morgan fingerprint density at radius 2 is 1.70 bits per heavy atom. The van der Waals surface area contributed by atoms with Crippen molar-refractivity contribution in [3.05, 3.63) is 0 Å². The lowest BCUT2D eigenvalue weighted by molar-refractivity contribution is -0.117. The van der Waals surface area contributed by atoms with Crippen LogP contribution in [0.25, 0.3) is 0 Å². The van der Waals surface area contributed by atoms with Crippen LogP contribution in [-0.2, 0) is 22.8 Å². The number of nitrogens with two attached hydrogens (primary N) is 1. The van der Waals surface area contributed by atoms with Crippen molar-refractivity contribution < 1.29 is 52.8 Å². The monoisotopic (exact) mass is 339 g/mol. The number of phosphoric ester groups is 1. The normalized spacial score (nSPS) is 21.6. The average molecular weight is 339 g/mol. The number of hydrogen-bond acceptors (Lipinski definition) is 9. The van der Waals surface area contributed by atoms with E-state index < -0.39 is 46.6 Å². The highest BCUT2D eigenvalue weighted by Crippen LogP contribution is 2.58. The first-order chi connectivity index (χ1) is 8.93. The second kappa shape index (κ2) is 7.69. The Bertz CT molecular complexity index is 410. The van der Waals surface area contributed by atoms with Gasteiger partial charge < -0.3 is 40.5 Å². The third-order valence-electron chi connectivity index (χ3n) is 1.92. The smallest absolute Gasteiger partial charge is 0.394 e. The van der Waals surface area contributed by atoms with Crippen LogP contribution in [0, 0.1) is 0 Å². The van der Waals surface area contributed by atoms with E-state index in [1.54, 1.807) is 0 Å². The number of phosphoric acid groups is 2. The van der Waals surface area contributed by atoms with Crippen LogP contribution in [0.15, 0.2) is 0 Å². The van der Waals surface area contributed by atoms with E-state index in [-0.39, 0.29) is 6.29 Å². The molecule has 0 aromatic carbocycles. The fraction of sp³-hybridized carbons (Fsp3) is 0.833. The zero-order valence-electron chi connectivity index (χ0n) is 9.79. The van der Waals surface area contributed by atoms with Crippen molar-refractivity contribution in [3.8, 4) is 0 Å². The first-order valence-corrected chi connectivity index (χ1v) is 7.92. The molecule has 5 atom stereocenters. The van der Waals surface area contributed by atoms with Gasteiger partial charge in [-0.2, -0.15) is 4.31 Å². The van der Waals surface area contributed by atoms with Gasteiger partial charge in [0.1, 0.15) is 24.6 Å². The fourth-order valence-electron chi connectivity index (χ4n) is 1.07. The Morgan fingerprint density at radius 3 is 2.05 bits per heavy atom. The molecule has 8 N–H and O–H groups in total. The van der Waals surface area contributed by atoms with Crippen LogP contribution in [-0.4, -0.2) is 67.2 Å². The third-order valence-corrected chi connectivity index (χ3v) is 4.11. The highest BCUT2D eigenvalue weighted by Gasteiger charge is 2.41. The van der Waals surface area contributed by atoms with Gasteiger partial charge in [0.2, 0.25) is 0 Å². The maximum atomic E-state index is 11.3. The van der Waals surface area contributed by atoms with Crippen LogP contribution in [0.3, 0.4) is 0 Å². The number of carbonyl (C=O) groups excluding carboxylic acids is 1. The quantitative estimate of drug-likeness (QED) is 0.163. The Kier molecular flexibility index (Phi) is 7.60. The van der Waals surface area contributed by atoms with Crippen LogP contribution in [0.5, 0.6) is 0 Å². The summed E-state index contributed by atoms with van der Waals surface area (Å²) in [6.45, 7) is -0.998. The van der Waals surface area contributed by atoms with E-state index in [1.807, 2.05) is 0 Å². The highest BCUT2D eigenvalue weighted by atomic mass is 31.3. The second-order valence-electron chi connectivity index (χ2n) is 3.56. The number of aliphatic hydroxyl groups is 3. The molecule has 0 bridgehead atoms. The predicted molar refractivity (Wildman–Crippen MR) is 61.0 cm³/mol. The zero-order valence-corrected chi connectivity index (χ0v) is 11.6. The summed E-state index contributed by atoms with van der Waals surface area (Å²) in [4.78, 5) is 36.3. The minimum atomic E-state index is -5.40. The summed E-state index contributed by atoms with van der Waals surface area (Å²) in [5, 5.41) is 27.2. The van der Waals surface area contributed by atoms with Gasteiger partial charge in [0.05, 0.1) is 12.6 Å². The van der Waals surface area contributed by atoms with Crippen molar-refractivity contribution in [2.75, 3.05) is 6.61 Å². The topological polar surface area (TPSA) is 217 Å². The molecule has 0 saturated heterocycles. The van der Waals surface area contributed by atoms with Crippen LogP contribution >= 0.6 is 15.6 Å². The van der Waals surface area contributed by atoms with Crippen molar-refractivity contribution in [2.24, 2.45) is 5.73 Å². The van der Waals surface area contributed by atoms with E-state index >= 15 is 0 Å². The van der Waals surface area contributed by atoms with Gasteiger partial charge in [-0.05, 0) is 0 Å². The third kappa shape index (κ3) is 6.97. The Labute approximate surface area is 112 Å². The van der Waals surface area contributed by atoms with Gasteiger partial charge in [0.15, 0.2) is 0 Å². The molecule has 0 aliphatic carbocycles. The molecule has 20 heavy (non-hydrogen) atoms. The molecule has 0 aromatic rings. The summed E-state index contributed by atoms with van der Waals surface area (Å²) in [6.07, 6.45) is -6.06. The summed E-state index contributed by atoms with van der Waals surface area (Å²) >= 11 is 0. The van der Waals surface area contributed by atoms with Crippen LogP contribution in [0.2, 0.25) is 0 Å². The van der Waals surface area contributed by atoms with Gasteiger partial charge in [-0.15, -0.1) is 0 Å². The molecule has 120 valence electrons. The molecule has 0 spiro atoms. The van der Waals surface area contributed by atoms with E-state index in [0.717, 1.165) is 0 Å². The maximum Gasteiger partial charge on any atom is 0.481 e. The predicted octanol–water partition coefficient (Wildman–Crippen LogP) is -3.18. The van der Waals surface area contributed by atoms with Crippen LogP contribution in [0.4, 0.5) is 0 Å². The van der Waals surface area contributed by atoms with Crippen LogP contribution in [0.1, 0.15) is 0 Å². The number of rotatable bonds is 9. The van der Waals surface area contributed by atoms with Crippen molar-refractivity contribution in [2.45, 2.75) is 24.4 Å². The molecule has 0 aliphatic heterocycles. The number of aliphatic hydroxyl groups excluding tert-OH is 3. The minimum absolute atomic E-state index is 0.0184. The van der Waals surface area contributed by atoms with E-state index in [0.29, 0.717) is 0 Å². The summed E-state index contributed by atoms with van der Waals surface area (Å²) in [5.41, 5.74) is 5.15. The molecule has 0 heterocycles. The van der Waals surface area contributed by atoms with Gasteiger partial charge >= 0.3 is 15.6 Å². The van der Waals surface area contributed by atoms with Gasteiger partial charge in [-0.1, -0.05) is 0 Å². The highest BCUT2D eigenvalue weighted by molar-refractivity contribution is 7.60.